The van der Waals surface area contributed by atoms with Gasteiger partial charge < -0.3 is 0 Å². The van der Waals surface area contributed by atoms with Crippen LogP contribution in [0.4, 0.5) is 0 Å². The Morgan fingerprint density at radius 3 is 2.80 bits per heavy atom. The van der Waals surface area contributed by atoms with Crippen LogP contribution in [-0.2, 0) is 10.5 Å². The van der Waals surface area contributed by atoms with Gasteiger partial charge in [-0.1, -0.05) is 0 Å². The first-order chi connectivity index (χ1) is 9.49. The molecule has 108 valence electrons. The van der Waals surface area contributed by atoms with E-state index in [9.17, 15) is 15.3 Å². The summed E-state index contributed by atoms with van der Waals surface area (Å²) in [5.74, 6) is 0. The first kappa shape index (κ1) is 13.9. The Morgan fingerprint density at radius 2 is 2.15 bits per heavy atom. The van der Waals surface area contributed by atoms with Crippen LogP contribution in [0, 0.1) is 0 Å². The van der Waals surface area contributed by atoms with Crippen molar-refractivity contribution < 1.29 is 20.1 Å². The van der Waals surface area contributed by atoms with Gasteiger partial charge in [0.2, 0.25) is 0 Å². The van der Waals surface area contributed by atoms with E-state index in [1.54, 1.807) is 11.5 Å². The van der Waals surface area contributed by atoms with Gasteiger partial charge in [-0.2, -0.15) is 0 Å². The molecule has 0 saturated carbocycles. The summed E-state index contributed by atoms with van der Waals surface area (Å²) in [5, 5.41) is 29.4. The molecule has 1 unspecified atom stereocenters. The van der Waals surface area contributed by atoms with Crippen LogP contribution in [0.3, 0.4) is 0 Å². The fraction of sp³-hybridized carbons (Fsp3) is 0.545. The minimum absolute atomic E-state index is 0.377. The van der Waals surface area contributed by atoms with Gasteiger partial charge >= 0.3 is 122 Å². The summed E-state index contributed by atoms with van der Waals surface area (Å²) < 4.78 is 7.97. The molecule has 0 bridgehead atoms. The van der Waals surface area contributed by atoms with Crippen molar-refractivity contribution in [3.63, 3.8) is 0 Å². The van der Waals surface area contributed by atoms with Crippen LogP contribution < -0.4 is 4.48 Å². The number of aliphatic hydroxyl groups is 3. The SMILES string of the molecule is C[C@@]1(n2cnc3c([AsH2])ncnc32)O[C@H](CO)[C@@H](O)[C@H]1O. The van der Waals surface area contributed by atoms with Crippen LogP contribution in [0.1, 0.15) is 6.92 Å². The van der Waals surface area contributed by atoms with Crippen molar-refractivity contribution in [2.24, 2.45) is 0 Å². The normalized spacial score (nSPS) is 34.0. The molecule has 0 aromatic carbocycles. The van der Waals surface area contributed by atoms with Gasteiger partial charge in [0, 0.05) is 0 Å². The Labute approximate surface area is 122 Å². The number of nitrogens with zero attached hydrogens (tertiary/aromatic N) is 4. The van der Waals surface area contributed by atoms with Crippen molar-refractivity contribution in [2.75, 3.05) is 6.61 Å². The van der Waals surface area contributed by atoms with Crippen LogP contribution in [0.5, 0.6) is 0 Å². The maximum atomic E-state index is 10.2. The molecule has 0 aliphatic carbocycles. The van der Waals surface area contributed by atoms with Crippen LogP contribution in [0.25, 0.3) is 11.2 Å². The zero-order valence-electron chi connectivity index (χ0n) is 10.7. The molecule has 3 heterocycles. The summed E-state index contributed by atoms with van der Waals surface area (Å²) in [6.45, 7) is 1.25. The van der Waals surface area contributed by atoms with Gasteiger partial charge in [0.25, 0.3) is 0 Å². The number of rotatable bonds is 2. The Balaban J connectivity index is 2.13. The second-order valence-corrected chi connectivity index (χ2v) is 6.02. The standard InChI is InChI=1S/C11H15AsN4O4/c1-11(8(19)7(18)5(2-17)20-11)16-4-15-6-9(12)13-3-14-10(6)16/h3-5,7-8,17-19H,2,12H2,1H3/t5-,7-,8-,11-/m1/s1. The van der Waals surface area contributed by atoms with Crippen LogP contribution in [-0.4, -0.2) is 76.6 Å². The number of ether oxygens (including phenoxy) is 1. The second-order valence-electron chi connectivity index (χ2n) is 4.87. The molecule has 1 fully saturated rings. The Morgan fingerprint density at radius 1 is 1.40 bits per heavy atom. The summed E-state index contributed by atoms with van der Waals surface area (Å²) in [6.07, 6.45) is -0.299. The molecule has 1 aliphatic rings. The number of hydrogen-bond donors (Lipinski definition) is 3. The predicted molar refractivity (Wildman–Crippen MR) is 71.1 cm³/mol. The molecule has 20 heavy (non-hydrogen) atoms. The van der Waals surface area contributed by atoms with Crippen LogP contribution in [0.15, 0.2) is 12.7 Å². The third-order valence-electron chi connectivity index (χ3n) is 3.66. The van der Waals surface area contributed by atoms with E-state index < -0.39 is 24.0 Å². The van der Waals surface area contributed by atoms with Crippen molar-refractivity contribution in [3.8, 4) is 0 Å². The first-order valence-corrected chi connectivity index (χ1v) is 7.29. The van der Waals surface area contributed by atoms with Gasteiger partial charge in [0.1, 0.15) is 0 Å². The van der Waals surface area contributed by atoms with Gasteiger partial charge in [0.15, 0.2) is 0 Å². The topological polar surface area (TPSA) is 114 Å². The molecular weight excluding hydrogens is 327 g/mol. The van der Waals surface area contributed by atoms with Gasteiger partial charge in [-0.25, -0.2) is 0 Å². The van der Waals surface area contributed by atoms with Crippen molar-refractivity contribution in [2.45, 2.75) is 31.0 Å². The molecule has 2 aromatic heterocycles. The fourth-order valence-corrected chi connectivity index (χ4v) is 3.06. The molecule has 3 rings (SSSR count). The maximum absolute atomic E-state index is 10.2. The van der Waals surface area contributed by atoms with Crippen molar-refractivity contribution in [1.29, 1.82) is 0 Å². The monoisotopic (exact) mass is 342 g/mol. The second kappa shape index (κ2) is 4.75. The zero-order chi connectivity index (χ0) is 14.5. The van der Waals surface area contributed by atoms with E-state index in [2.05, 4.69) is 15.0 Å². The molecule has 5 atom stereocenters. The summed E-state index contributed by atoms with van der Waals surface area (Å²) in [4.78, 5) is 12.5. The Hall–Kier alpha value is -1.05. The molecule has 1 saturated heterocycles. The van der Waals surface area contributed by atoms with Gasteiger partial charge in [-0.15, -0.1) is 0 Å². The van der Waals surface area contributed by atoms with Crippen LogP contribution in [0.2, 0.25) is 0 Å². The van der Waals surface area contributed by atoms with Gasteiger partial charge in [-0.3, -0.25) is 0 Å². The van der Waals surface area contributed by atoms with E-state index in [-0.39, 0.29) is 6.61 Å². The summed E-state index contributed by atoms with van der Waals surface area (Å²) >= 11 is 1.32. The quantitative estimate of drug-likeness (QED) is 0.495. The molecular formula is C11H15AsN4O4. The predicted octanol–water partition coefficient (Wildman–Crippen LogP) is -3.13. The summed E-state index contributed by atoms with van der Waals surface area (Å²) in [7, 11) is 0. The zero-order valence-corrected chi connectivity index (χ0v) is 13.1. The van der Waals surface area contributed by atoms with Crippen molar-refractivity contribution in [3.05, 3.63) is 12.7 Å². The van der Waals surface area contributed by atoms with E-state index in [1.165, 1.54) is 29.5 Å². The van der Waals surface area contributed by atoms with Crippen molar-refractivity contribution in [1.82, 2.24) is 19.5 Å². The number of imidazole rings is 1. The van der Waals surface area contributed by atoms with Gasteiger partial charge in [-0.05, 0) is 0 Å². The van der Waals surface area contributed by atoms with Crippen LogP contribution >= 0.6 is 0 Å². The average molecular weight is 342 g/mol. The number of aromatic nitrogens is 4. The Kier molecular flexibility index (Phi) is 3.30. The van der Waals surface area contributed by atoms with E-state index in [0.29, 0.717) is 11.2 Å². The molecule has 8 nitrogen and oxygen atoms in total. The van der Waals surface area contributed by atoms with E-state index in [4.69, 9.17) is 4.74 Å². The molecule has 0 spiro atoms. The molecule has 2 aromatic rings. The summed E-state index contributed by atoms with van der Waals surface area (Å²) in [5.41, 5.74) is -0.0896. The number of hydrogen-bond acceptors (Lipinski definition) is 7. The Bertz CT molecular complexity index is 650. The first-order valence-electron chi connectivity index (χ1n) is 6.08. The van der Waals surface area contributed by atoms with Crippen molar-refractivity contribution >= 4 is 32.5 Å². The average Bonchev–Trinajstić information content (AvgIpc) is 2.96. The number of fused-ring (bicyclic) bond motifs is 1. The molecule has 0 radical (unpaired) electrons. The van der Waals surface area contributed by atoms with E-state index in [0.717, 1.165) is 4.48 Å². The molecule has 1 aliphatic heterocycles. The van der Waals surface area contributed by atoms with Gasteiger partial charge in [0.05, 0.1) is 0 Å². The number of aliphatic hydroxyl groups excluding tert-OH is 3. The van der Waals surface area contributed by atoms with E-state index in [1.807, 2.05) is 0 Å². The third kappa shape index (κ3) is 1.80. The fourth-order valence-electron chi connectivity index (χ4n) is 2.49. The van der Waals surface area contributed by atoms with E-state index >= 15 is 0 Å². The molecule has 9 heteroatoms. The molecule has 0 amide bonds. The minimum atomic E-state index is -1.24. The molecule has 3 N–H and O–H groups in total. The third-order valence-corrected chi connectivity index (χ3v) is 4.55. The summed E-state index contributed by atoms with van der Waals surface area (Å²) in [6, 6.07) is 0.